The zero-order valence-corrected chi connectivity index (χ0v) is 9.67. The number of rotatable bonds is 1. The second kappa shape index (κ2) is 6.30. The van der Waals surface area contributed by atoms with Gasteiger partial charge in [0.25, 0.3) is 0 Å². The van der Waals surface area contributed by atoms with E-state index in [1.807, 2.05) is 0 Å². The van der Waals surface area contributed by atoms with Crippen LogP contribution in [0.1, 0.15) is 0 Å². The molecule has 0 aliphatic rings. The fraction of sp³-hybridized carbons (Fsp3) is 0. The molecule has 0 heterocycles. The van der Waals surface area contributed by atoms with Crippen LogP contribution in [-0.2, 0) is 4.57 Å². The highest BCUT2D eigenvalue weighted by Gasteiger charge is 2.00. The standard InChI is InChI=1S/C6H6Cl2N2.H3O4P/c7-4-2-1-3-5(10-9)6(4)8;1-5(2,3)4/h1-3,10H,9H2;(H3,1,2,3,4). The first kappa shape index (κ1) is 14.7. The smallest absolute Gasteiger partial charge is 0.323 e. The molecule has 6 nitrogen and oxygen atoms in total. The Morgan fingerprint density at radius 3 is 2.07 bits per heavy atom. The Morgan fingerprint density at radius 1 is 1.27 bits per heavy atom. The maximum atomic E-state index is 8.88. The molecular weight excluding hydrogens is 266 g/mol. The predicted molar refractivity (Wildman–Crippen MR) is 58.5 cm³/mol. The van der Waals surface area contributed by atoms with E-state index in [-0.39, 0.29) is 0 Å². The first-order valence-electron chi connectivity index (χ1n) is 3.44. The summed E-state index contributed by atoms with van der Waals surface area (Å²) < 4.78 is 8.88. The lowest BCUT2D eigenvalue weighted by molar-refractivity contribution is 0.275. The van der Waals surface area contributed by atoms with Crippen molar-refractivity contribution in [2.75, 3.05) is 5.43 Å². The Morgan fingerprint density at radius 2 is 1.73 bits per heavy atom. The zero-order chi connectivity index (χ0) is 12.1. The van der Waals surface area contributed by atoms with Gasteiger partial charge in [0.05, 0.1) is 15.7 Å². The molecule has 0 saturated heterocycles. The SMILES string of the molecule is NNc1cccc(Cl)c1Cl.O=P(O)(O)O. The summed E-state index contributed by atoms with van der Waals surface area (Å²) in [5.41, 5.74) is 3.05. The maximum Gasteiger partial charge on any atom is 0.466 e. The van der Waals surface area contributed by atoms with Crippen LogP contribution in [0, 0.1) is 0 Å². The zero-order valence-electron chi connectivity index (χ0n) is 7.26. The van der Waals surface area contributed by atoms with Crippen molar-refractivity contribution in [2.24, 2.45) is 5.84 Å². The number of halogens is 2. The van der Waals surface area contributed by atoms with Gasteiger partial charge in [-0.15, -0.1) is 0 Å². The van der Waals surface area contributed by atoms with Crippen LogP contribution < -0.4 is 11.3 Å². The molecule has 0 saturated carbocycles. The highest BCUT2D eigenvalue weighted by Crippen LogP contribution is 2.28. The molecule has 0 radical (unpaired) electrons. The average molecular weight is 275 g/mol. The molecule has 1 rings (SSSR count). The summed E-state index contributed by atoms with van der Waals surface area (Å²) >= 11 is 11.4. The third kappa shape index (κ3) is 7.58. The molecule has 0 fully saturated rings. The van der Waals surface area contributed by atoms with E-state index in [1.165, 1.54) is 0 Å². The fourth-order valence-electron chi connectivity index (χ4n) is 0.615. The summed E-state index contributed by atoms with van der Waals surface area (Å²) in [6, 6.07) is 5.21. The number of phosphoric acid groups is 1. The van der Waals surface area contributed by atoms with Gasteiger partial charge in [-0.25, -0.2) is 4.57 Å². The van der Waals surface area contributed by atoms with E-state index in [9.17, 15) is 0 Å². The van der Waals surface area contributed by atoms with Gasteiger partial charge in [-0.1, -0.05) is 29.3 Å². The molecule has 15 heavy (non-hydrogen) atoms. The van der Waals surface area contributed by atoms with Crippen molar-refractivity contribution in [1.82, 2.24) is 0 Å². The Labute approximate surface area is 95.8 Å². The second-order valence-corrected chi connectivity index (χ2v) is 4.07. The quantitative estimate of drug-likeness (QED) is 0.300. The number of nitrogens with one attached hydrogen (secondary N) is 1. The topological polar surface area (TPSA) is 116 Å². The van der Waals surface area contributed by atoms with Crippen molar-refractivity contribution in [3.8, 4) is 0 Å². The molecule has 86 valence electrons. The third-order valence-electron chi connectivity index (χ3n) is 1.11. The molecule has 1 aromatic carbocycles. The first-order valence-corrected chi connectivity index (χ1v) is 5.76. The van der Waals surface area contributed by atoms with Gasteiger partial charge in [0.1, 0.15) is 0 Å². The van der Waals surface area contributed by atoms with E-state index < -0.39 is 7.82 Å². The lowest BCUT2D eigenvalue weighted by Crippen LogP contribution is -2.06. The fourth-order valence-corrected chi connectivity index (χ4v) is 0.970. The van der Waals surface area contributed by atoms with Crippen LogP contribution in [0.15, 0.2) is 18.2 Å². The lowest BCUT2D eigenvalue weighted by atomic mass is 10.3. The Balaban J connectivity index is 0.000000336. The minimum Gasteiger partial charge on any atom is -0.323 e. The molecule has 6 N–H and O–H groups in total. The lowest BCUT2D eigenvalue weighted by Gasteiger charge is -2.02. The van der Waals surface area contributed by atoms with E-state index in [4.69, 9.17) is 48.3 Å². The largest absolute Gasteiger partial charge is 0.466 e. The summed E-state index contributed by atoms with van der Waals surface area (Å²) in [4.78, 5) is 21.6. The predicted octanol–water partition coefficient (Wildman–Crippen LogP) is 1.35. The van der Waals surface area contributed by atoms with Crippen molar-refractivity contribution in [3.05, 3.63) is 28.2 Å². The number of nitrogen functional groups attached to an aromatic ring is 1. The summed E-state index contributed by atoms with van der Waals surface area (Å²) in [7, 11) is -4.64. The van der Waals surface area contributed by atoms with Gasteiger partial charge in [0.2, 0.25) is 0 Å². The van der Waals surface area contributed by atoms with Gasteiger partial charge >= 0.3 is 7.82 Å². The highest BCUT2D eigenvalue weighted by atomic mass is 35.5. The summed E-state index contributed by atoms with van der Waals surface area (Å²) in [6.45, 7) is 0. The molecule has 0 unspecified atom stereocenters. The van der Waals surface area contributed by atoms with Crippen LogP contribution in [-0.4, -0.2) is 14.7 Å². The first-order chi connectivity index (χ1) is 6.75. The van der Waals surface area contributed by atoms with Gasteiger partial charge in [0.15, 0.2) is 0 Å². The van der Waals surface area contributed by atoms with E-state index in [0.29, 0.717) is 15.7 Å². The van der Waals surface area contributed by atoms with Gasteiger partial charge < -0.3 is 20.1 Å². The van der Waals surface area contributed by atoms with E-state index in [0.717, 1.165) is 0 Å². The second-order valence-electron chi connectivity index (χ2n) is 2.26. The molecule has 0 aromatic heterocycles. The van der Waals surface area contributed by atoms with Crippen molar-refractivity contribution in [3.63, 3.8) is 0 Å². The van der Waals surface area contributed by atoms with E-state index in [1.54, 1.807) is 18.2 Å². The number of hydrogen-bond acceptors (Lipinski definition) is 3. The van der Waals surface area contributed by atoms with Gasteiger partial charge in [-0.2, -0.15) is 0 Å². The minimum atomic E-state index is -4.64. The van der Waals surface area contributed by atoms with Crippen LogP contribution in [0.5, 0.6) is 0 Å². The number of nitrogens with two attached hydrogens (primary N) is 1. The average Bonchev–Trinajstić information content (AvgIpc) is 2.07. The van der Waals surface area contributed by atoms with Crippen molar-refractivity contribution in [1.29, 1.82) is 0 Å². The van der Waals surface area contributed by atoms with Crippen LogP contribution in [0.4, 0.5) is 5.69 Å². The Bertz CT molecular complexity index is 362. The maximum absolute atomic E-state index is 8.88. The third-order valence-corrected chi connectivity index (χ3v) is 1.93. The normalized spacial score (nSPS) is 10.3. The molecule has 0 spiro atoms. The molecule has 0 atom stereocenters. The molecule has 9 heteroatoms. The summed E-state index contributed by atoms with van der Waals surface area (Å²) in [5, 5.41) is 0.948. The van der Waals surface area contributed by atoms with Crippen LogP contribution >= 0.6 is 31.0 Å². The molecule has 0 bridgehead atoms. The van der Waals surface area contributed by atoms with Gasteiger partial charge in [0, 0.05) is 0 Å². The number of hydrogen-bond donors (Lipinski definition) is 5. The van der Waals surface area contributed by atoms with Crippen LogP contribution in [0.2, 0.25) is 10.0 Å². The monoisotopic (exact) mass is 274 g/mol. The van der Waals surface area contributed by atoms with Crippen LogP contribution in [0.3, 0.4) is 0 Å². The van der Waals surface area contributed by atoms with Crippen molar-refractivity contribution >= 4 is 36.7 Å². The number of hydrazine groups is 1. The Kier molecular flexibility index (Phi) is 6.16. The molecule has 0 aliphatic carbocycles. The summed E-state index contributed by atoms with van der Waals surface area (Å²) in [5.74, 6) is 5.13. The Hall–Kier alpha value is -0.330. The number of anilines is 1. The highest BCUT2D eigenvalue weighted by molar-refractivity contribution is 7.45. The van der Waals surface area contributed by atoms with Gasteiger partial charge in [-0.05, 0) is 12.1 Å². The molecule has 0 aliphatic heterocycles. The molecule has 1 aromatic rings. The summed E-state index contributed by atoms with van der Waals surface area (Å²) in [6.07, 6.45) is 0. The van der Waals surface area contributed by atoms with Crippen LogP contribution in [0.25, 0.3) is 0 Å². The minimum absolute atomic E-state index is 0.451. The van der Waals surface area contributed by atoms with E-state index >= 15 is 0 Å². The van der Waals surface area contributed by atoms with Gasteiger partial charge in [-0.3, -0.25) is 5.84 Å². The van der Waals surface area contributed by atoms with E-state index in [2.05, 4.69) is 5.43 Å². The number of benzene rings is 1. The van der Waals surface area contributed by atoms with Crippen molar-refractivity contribution in [2.45, 2.75) is 0 Å². The molecular formula is C6H9Cl2N2O4P. The van der Waals surface area contributed by atoms with Crippen molar-refractivity contribution < 1.29 is 19.2 Å². The molecule has 0 amide bonds.